The third kappa shape index (κ3) is 1.62. The van der Waals surface area contributed by atoms with Crippen molar-refractivity contribution in [1.82, 2.24) is 0 Å². The van der Waals surface area contributed by atoms with Crippen LogP contribution >= 0.6 is 0 Å². The molecule has 0 atom stereocenters. The predicted octanol–water partition coefficient (Wildman–Crippen LogP) is 2.77. The van der Waals surface area contributed by atoms with Crippen molar-refractivity contribution in [3.63, 3.8) is 0 Å². The molecule has 3 rings (SSSR count). The summed E-state index contributed by atoms with van der Waals surface area (Å²) in [5, 5.41) is 0. The molecule has 94 valence electrons. The van der Waals surface area contributed by atoms with E-state index in [4.69, 9.17) is 0 Å². The van der Waals surface area contributed by atoms with Gasteiger partial charge in [0, 0.05) is 0 Å². The summed E-state index contributed by atoms with van der Waals surface area (Å²) in [6.45, 7) is 0. The van der Waals surface area contributed by atoms with Crippen LogP contribution in [0.25, 0.3) is 0 Å². The Balaban J connectivity index is 2.15. The second-order valence-corrected chi connectivity index (χ2v) is 4.09. The first kappa shape index (κ1) is 11.5. The Morgan fingerprint density at radius 3 is 1.74 bits per heavy atom. The van der Waals surface area contributed by atoms with Gasteiger partial charge < -0.3 is 0 Å². The molecule has 0 saturated carbocycles. The minimum atomic E-state index is -1.14. The lowest BCUT2D eigenvalue weighted by molar-refractivity contribution is 0.0926. The zero-order valence-electron chi connectivity index (χ0n) is 9.56. The normalized spacial score (nSPS) is 13.9. The molecule has 0 radical (unpaired) electrons. The van der Waals surface area contributed by atoms with E-state index in [0.29, 0.717) is 5.69 Å². The summed E-state index contributed by atoms with van der Waals surface area (Å²) < 4.78 is 26.3. The fourth-order valence-corrected chi connectivity index (χ4v) is 2.05. The molecule has 3 nitrogen and oxygen atoms in total. The average molecular weight is 259 g/mol. The maximum absolute atomic E-state index is 13.1. The van der Waals surface area contributed by atoms with Gasteiger partial charge in [0.15, 0.2) is 11.6 Å². The van der Waals surface area contributed by atoms with Gasteiger partial charge in [0.1, 0.15) is 0 Å². The number of hydrogen-bond acceptors (Lipinski definition) is 2. The maximum atomic E-state index is 13.1. The van der Waals surface area contributed by atoms with Crippen LogP contribution in [0.5, 0.6) is 0 Å². The smallest absolute Gasteiger partial charge is 0.266 e. The van der Waals surface area contributed by atoms with Crippen LogP contribution in [0, 0.1) is 11.6 Å². The fourth-order valence-electron chi connectivity index (χ4n) is 2.05. The lowest BCUT2D eigenvalue weighted by atomic mass is 10.1. The average Bonchev–Trinajstić information content (AvgIpc) is 2.64. The maximum Gasteiger partial charge on any atom is 0.266 e. The molecule has 1 aliphatic rings. The number of hydrogen-bond donors (Lipinski definition) is 0. The number of carbonyl (C=O) groups excluding carboxylic acids is 2. The van der Waals surface area contributed by atoms with Gasteiger partial charge in [-0.1, -0.05) is 18.2 Å². The molecule has 1 aliphatic heterocycles. The zero-order valence-corrected chi connectivity index (χ0v) is 9.56. The van der Waals surface area contributed by atoms with Gasteiger partial charge in [0.2, 0.25) is 0 Å². The van der Waals surface area contributed by atoms with Crippen LogP contribution in [-0.2, 0) is 0 Å². The van der Waals surface area contributed by atoms with Crippen LogP contribution in [0.1, 0.15) is 20.7 Å². The number of rotatable bonds is 1. The minimum absolute atomic E-state index is 0.118. The van der Waals surface area contributed by atoms with Crippen molar-refractivity contribution in [2.45, 2.75) is 0 Å². The first-order valence-electron chi connectivity index (χ1n) is 5.52. The molecule has 0 aromatic heterocycles. The molecule has 2 aromatic carbocycles. The Kier molecular flexibility index (Phi) is 2.41. The van der Waals surface area contributed by atoms with Gasteiger partial charge in [-0.2, -0.15) is 0 Å². The van der Waals surface area contributed by atoms with Gasteiger partial charge >= 0.3 is 0 Å². The molecule has 0 bridgehead atoms. The lowest BCUT2D eigenvalue weighted by Crippen LogP contribution is -2.29. The van der Waals surface area contributed by atoms with E-state index in [9.17, 15) is 18.4 Å². The summed E-state index contributed by atoms with van der Waals surface area (Å²) in [7, 11) is 0. The SMILES string of the molecule is O=C1c2cc(F)c(F)cc2C(=O)N1c1ccccc1. The van der Waals surface area contributed by atoms with Crippen molar-refractivity contribution in [3.8, 4) is 0 Å². The Labute approximate surface area is 107 Å². The Hall–Kier alpha value is -2.56. The number of imide groups is 1. The third-order valence-electron chi connectivity index (χ3n) is 2.94. The Morgan fingerprint density at radius 2 is 1.26 bits per heavy atom. The van der Waals surface area contributed by atoms with E-state index in [1.807, 2.05) is 0 Å². The first-order valence-corrected chi connectivity index (χ1v) is 5.52. The van der Waals surface area contributed by atoms with Crippen molar-refractivity contribution in [2.75, 3.05) is 4.90 Å². The van der Waals surface area contributed by atoms with E-state index in [-0.39, 0.29) is 11.1 Å². The monoisotopic (exact) mass is 259 g/mol. The van der Waals surface area contributed by atoms with Crippen LogP contribution in [0.4, 0.5) is 14.5 Å². The third-order valence-corrected chi connectivity index (χ3v) is 2.94. The molecule has 0 fully saturated rings. The molecule has 0 N–H and O–H groups in total. The largest absolute Gasteiger partial charge is 0.268 e. The van der Waals surface area contributed by atoms with Gasteiger partial charge in [0.25, 0.3) is 11.8 Å². The highest BCUT2D eigenvalue weighted by molar-refractivity contribution is 6.34. The lowest BCUT2D eigenvalue weighted by Gasteiger charge is -2.13. The molecule has 0 aliphatic carbocycles. The van der Waals surface area contributed by atoms with Crippen LogP contribution < -0.4 is 4.90 Å². The molecule has 19 heavy (non-hydrogen) atoms. The number of fused-ring (bicyclic) bond motifs is 1. The highest BCUT2D eigenvalue weighted by Crippen LogP contribution is 2.29. The predicted molar refractivity (Wildman–Crippen MR) is 63.9 cm³/mol. The molecule has 0 spiro atoms. The van der Waals surface area contributed by atoms with Crippen molar-refractivity contribution in [3.05, 3.63) is 65.2 Å². The van der Waals surface area contributed by atoms with Gasteiger partial charge in [0.05, 0.1) is 16.8 Å². The van der Waals surface area contributed by atoms with Crippen LogP contribution in [-0.4, -0.2) is 11.8 Å². The van der Waals surface area contributed by atoms with Gasteiger partial charge in [-0.25, -0.2) is 13.7 Å². The number of nitrogens with zero attached hydrogens (tertiary/aromatic N) is 1. The van der Waals surface area contributed by atoms with Crippen LogP contribution in [0.2, 0.25) is 0 Å². The number of para-hydroxylation sites is 1. The molecule has 0 saturated heterocycles. The topological polar surface area (TPSA) is 37.4 Å². The second-order valence-electron chi connectivity index (χ2n) is 4.09. The van der Waals surface area contributed by atoms with E-state index >= 15 is 0 Å². The van der Waals surface area contributed by atoms with E-state index in [2.05, 4.69) is 0 Å². The molecule has 1 heterocycles. The minimum Gasteiger partial charge on any atom is -0.268 e. The number of anilines is 1. The highest BCUT2D eigenvalue weighted by Gasteiger charge is 2.37. The van der Waals surface area contributed by atoms with Gasteiger partial charge in [-0.05, 0) is 24.3 Å². The summed E-state index contributed by atoms with van der Waals surface area (Å²) in [5.74, 6) is -3.58. The fraction of sp³-hybridized carbons (Fsp3) is 0. The standard InChI is InChI=1S/C14H7F2NO2/c15-11-6-9-10(7-12(11)16)14(19)17(13(9)18)8-4-2-1-3-5-8/h1-7H. The quantitative estimate of drug-likeness (QED) is 0.738. The Bertz CT molecular complexity index is 657. The highest BCUT2D eigenvalue weighted by atomic mass is 19.2. The summed E-state index contributed by atoms with van der Waals surface area (Å²) in [4.78, 5) is 25.1. The molecule has 5 heteroatoms. The van der Waals surface area contributed by atoms with E-state index in [1.54, 1.807) is 30.3 Å². The first-order chi connectivity index (χ1) is 9.09. The molecule has 2 amide bonds. The van der Waals surface area contributed by atoms with E-state index in [0.717, 1.165) is 17.0 Å². The molecular weight excluding hydrogens is 252 g/mol. The molecular formula is C14H7F2NO2. The number of benzene rings is 2. The molecule has 2 aromatic rings. The summed E-state index contributed by atoms with van der Waals surface area (Å²) in [6, 6.07) is 9.74. The number of carbonyl (C=O) groups is 2. The van der Waals surface area contributed by atoms with Gasteiger partial charge in [-0.15, -0.1) is 0 Å². The number of halogens is 2. The van der Waals surface area contributed by atoms with E-state index in [1.165, 1.54) is 0 Å². The summed E-state index contributed by atoms with van der Waals surface area (Å²) in [5.41, 5.74) is 0.134. The summed E-state index contributed by atoms with van der Waals surface area (Å²) in [6.07, 6.45) is 0. The number of amides is 2. The zero-order chi connectivity index (χ0) is 13.6. The van der Waals surface area contributed by atoms with Gasteiger partial charge in [-0.3, -0.25) is 9.59 Å². The van der Waals surface area contributed by atoms with Crippen molar-refractivity contribution >= 4 is 17.5 Å². The van der Waals surface area contributed by atoms with Crippen molar-refractivity contribution < 1.29 is 18.4 Å². The van der Waals surface area contributed by atoms with Crippen molar-refractivity contribution in [1.29, 1.82) is 0 Å². The Morgan fingerprint density at radius 1 is 0.789 bits per heavy atom. The van der Waals surface area contributed by atoms with Crippen molar-refractivity contribution in [2.24, 2.45) is 0 Å². The molecule has 0 unspecified atom stereocenters. The van der Waals surface area contributed by atoms with E-state index < -0.39 is 23.4 Å². The summed E-state index contributed by atoms with van der Waals surface area (Å²) >= 11 is 0. The second kappa shape index (κ2) is 3.98. The van der Waals surface area contributed by atoms with Crippen LogP contribution in [0.15, 0.2) is 42.5 Å². The van der Waals surface area contributed by atoms with Crippen LogP contribution in [0.3, 0.4) is 0 Å².